The predicted molar refractivity (Wildman–Crippen MR) is 71.4 cm³/mol. The highest BCUT2D eigenvalue weighted by Gasteiger charge is 2.33. The number of alkyl halides is 3. The molecule has 21 heavy (non-hydrogen) atoms. The Hall–Kier alpha value is -2.61. The second-order valence-electron chi connectivity index (χ2n) is 4.06. The molecule has 0 aliphatic carbocycles. The molecule has 1 heterocycles. The van der Waals surface area contributed by atoms with Crippen LogP contribution in [0.1, 0.15) is 15.9 Å². The van der Waals surface area contributed by atoms with E-state index in [-0.39, 0.29) is 16.9 Å². The molecule has 1 aromatic carbocycles. The number of hydrazine groups is 1. The lowest BCUT2D eigenvalue weighted by atomic mass is 10.1. The van der Waals surface area contributed by atoms with Gasteiger partial charge in [0.1, 0.15) is 0 Å². The van der Waals surface area contributed by atoms with Gasteiger partial charge in [-0.3, -0.25) is 15.6 Å². The third kappa shape index (κ3) is 3.29. The lowest BCUT2D eigenvalue weighted by Crippen LogP contribution is -2.19. The van der Waals surface area contributed by atoms with Crippen LogP contribution in [0.4, 0.5) is 24.5 Å². The Morgan fingerprint density at radius 2 is 1.86 bits per heavy atom. The van der Waals surface area contributed by atoms with E-state index >= 15 is 0 Å². The molecule has 0 aliphatic rings. The van der Waals surface area contributed by atoms with Crippen molar-refractivity contribution in [2.24, 2.45) is 5.84 Å². The average molecular weight is 296 g/mol. The largest absolute Gasteiger partial charge is 0.418 e. The van der Waals surface area contributed by atoms with Gasteiger partial charge in [0.25, 0.3) is 5.91 Å². The van der Waals surface area contributed by atoms with Crippen LogP contribution in [0.25, 0.3) is 0 Å². The fourth-order valence-electron chi connectivity index (χ4n) is 1.74. The number of benzene rings is 1. The van der Waals surface area contributed by atoms with Gasteiger partial charge in [-0.15, -0.1) is 0 Å². The minimum absolute atomic E-state index is 0.0875. The number of anilines is 2. The van der Waals surface area contributed by atoms with E-state index in [9.17, 15) is 18.0 Å². The molecule has 0 spiro atoms. The quantitative estimate of drug-likeness (QED) is 0.601. The van der Waals surface area contributed by atoms with E-state index < -0.39 is 17.6 Å². The number of carbonyl (C=O) groups is 1. The lowest BCUT2D eigenvalue weighted by molar-refractivity contribution is -0.136. The number of hydrogen-bond donors (Lipinski definition) is 3. The second-order valence-corrected chi connectivity index (χ2v) is 4.06. The standard InChI is InChI=1S/C13H11F3N4O/c14-13(15,16)9-3-1-2-4-10(9)19-12(21)8-5-6-18-7-11(8)20-17/h1-7,20H,17H2,(H,19,21). The monoisotopic (exact) mass is 296 g/mol. The van der Waals surface area contributed by atoms with Crippen LogP contribution < -0.4 is 16.6 Å². The van der Waals surface area contributed by atoms with Crippen molar-refractivity contribution >= 4 is 17.3 Å². The van der Waals surface area contributed by atoms with Crippen molar-refractivity contribution in [1.29, 1.82) is 0 Å². The molecule has 5 nitrogen and oxygen atoms in total. The zero-order valence-corrected chi connectivity index (χ0v) is 10.6. The molecule has 1 aromatic heterocycles. The predicted octanol–water partition coefficient (Wildman–Crippen LogP) is 2.64. The Morgan fingerprint density at radius 3 is 2.52 bits per heavy atom. The lowest BCUT2D eigenvalue weighted by Gasteiger charge is -2.14. The first-order chi connectivity index (χ1) is 9.93. The summed E-state index contributed by atoms with van der Waals surface area (Å²) >= 11 is 0. The van der Waals surface area contributed by atoms with Gasteiger partial charge in [0.15, 0.2) is 0 Å². The van der Waals surface area contributed by atoms with E-state index in [0.29, 0.717) is 0 Å². The molecule has 110 valence electrons. The normalized spacial score (nSPS) is 11.0. The number of hydrogen-bond acceptors (Lipinski definition) is 4. The van der Waals surface area contributed by atoms with Gasteiger partial charge in [-0.05, 0) is 18.2 Å². The Labute approximate surface area is 118 Å². The van der Waals surface area contributed by atoms with Gasteiger partial charge in [-0.25, -0.2) is 0 Å². The molecule has 0 atom stereocenters. The molecule has 2 aromatic rings. The van der Waals surface area contributed by atoms with Crippen LogP contribution in [-0.2, 0) is 6.18 Å². The van der Waals surface area contributed by atoms with E-state index in [4.69, 9.17) is 5.84 Å². The molecule has 4 N–H and O–H groups in total. The SMILES string of the molecule is NNc1cnccc1C(=O)Nc1ccccc1C(F)(F)F. The number of nitrogens with zero attached hydrogens (tertiary/aromatic N) is 1. The maximum absolute atomic E-state index is 12.9. The summed E-state index contributed by atoms with van der Waals surface area (Å²) in [5, 5.41) is 2.23. The van der Waals surface area contributed by atoms with Gasteiger partial charge in [0, 0.05) is 6.20 Å². The number of pyridine rings is 1. The Kier molecular flexibility index (Phi) is 4.08. The van der Waals surface area contributed by atoms with Crippen LogP contribution in [0.5, 0.6) is 0 Å². The average Bonchev–Trinajstić information content (AvgIpc) is 2.46. The number of halogens is 3. The van der Waals surface area contributed by atoms with Gasteiger partial charge in [-0.2, -0.15) is 13.2 Å². The second kappa shape index (κ2) is 5.80. The fraction of sp³-hybridized carbons (Fsp3) is 0.0769. The minimum Gasteiger partial charge on any atom is -0.322 e. The van der Waals surface area contributed by atoms with Crippen molar-refractivity contribution in [1.82, 2.24) is 4.98 Å². The first-order valence-corrected chi connectivity index (χ1v) is 5.81. The molecule has 0 fully saturated rings. The third-order valence-electron chi connectivity index (χ3n) is 2.70. The zero-order valence-electron chi connectivity index (χ0n) is 10.6. The Morgan fingerprint density at radius 1 is 1.14 bits per heavy atom. The van der Waals surface area contributed by atoms with Crippen molar-refractivity contribution in [2.45, 2.75) is 6.18 Å². The number of amides is 1. The van der Waals surface area contributed by atoms with Crippen LogP contribution >= 0.6 is 0 Å². The highest BCUT2D eigenvalue weighted by atomic mass is 19.4. The number of nitrogens with two attached hydrogens (primary N) is 1. The summed E-state index contributed by atoms with van der Waals surface area (Å²) < 4.78 is 38.6. The maximum Gasteiger partial charge on any atom is 0.418 e. The Bertz CT molecular complexity index is 658. The highest BCUT2D eigenvalue weighted by molar-refractivity contribution is 6.08. The number of para-hydroxylation sites is 1. The van der Waals surface area contributed by atoms with Crippen molar-refractivity contribution in [3.8, 4) is 0 Å². The maximum atomic E-state index is 12.9. The van der Waals surface area contributed by atoms with Crippen LogP contribution in [0.15, 0.2) is 42.7 Å². The summed E-state index contributed by atoms with van der Waals surface area (Å²) in [6.45, 7) is 0. The first-order valence-electron chi connectivity index (χ1n) is 5.81. The van der Waals surface area contributed by atoms with Gasteiger partial charge in [-0.1, -0.05) is 12.1 Å². The number of nitrogen functional groups attached to an aromatic ring is 1. The molecular formula is C13H11F3N4O. The summed E-state index contributed by atoms with van der Waals surface area (Å²) in [6.07, 6.45) is -1.92. The Balaban J connectivity index is 2.33. The summed E-state index contributed by atoms with van der Waals surface area (Å²) in [5.41, 5.74) is 1.31. The van der Waals surface area contributed by atoms with E-state index in [1.165, 1.54) is 36.7 Å². The smallest absolute Gasteiger partial charge is 0.322 e. The molecule has 1 amide bonds. The van der Waals surface area contributed by atoms with Gasteiger partial charge < -0.3 is 10.7 Å². The fourth-order valence-corrected chi connectivity index (χ4v) is 1.74. The van der Waals surface area contributed by atoms with Crippen LogP contribution in [0, 0.1) is 0 Å². The zero-order chi connectivity index (χ0) is 15.5. The summed E-state index contributed by atoms with van der Waals surface area (Å²) in [6, 6.07) is 6.07. The summed E-state index contributed by atoms with van der Waals surface area (Å²) in [4.78, 5) is 15.8. The number of carbonyl (C=O) groups excluding carboxylic acids is 1. The van der Waals surface area contributed by atoms with Crippen LogP contribution in [0.3, 0.4) is 0 Å². The van der Waals surface area contributed by atoms with E-state index in [2.05, 4.69) is 15.7 Å². The molecule has 0 bridgehead atoms. The summed E-state index contributed by atoms with van der Waals surface area (Å²) in [7, 11) is 0. The first kappa shape index (κ1) is 14.8. The number of nitrogens with one attached hydrogen (secondary N) is 2. The molecule has 0 unspecified atom stereocenters. The molecule has 0 saturated carbocycles. The van der Waals surface area contributed by atoms with Crippen LogP contribution in [-0.4, -0.2) is 10.9 Å². The van der Waals surface area contributed by atoms with Crippen molar-refractivity contribution in [2.75, 3.05) is 10.7 Å². The molecule has 0 radical (unpaired) electrons. The van der Waals surface area contributed by atoms with E-state index in [0.717, 1.165) is 6.07 Å². The molecule has 2 rings (SSSR count). The van der Waals surface area contributed by atoms with Crippen molar-refractivity contribution in [3.05, 3.63) is 53.9 Å². The molecular weight excluding hydrogens is 285 g/mol. The van der Waals surface area contributed by atoms with Gasteiger partial charge in [0.05, 0.1) is 28.7 Å². The topological polar surface area (TPSA) is 80.0 Å². The summed E-state index contributed by atoms with van der Waals surface area (Å²) in [5.74, 6) is 4.51. The van der Waals surface area contributed by atoms with Crippen LogP contribution in [0.2, 0.25) is 0 Å². The van der Waals surface area contributed by atoms with E-state index in [1.807, 2.05) is 0 Å². The highest BCUT2D eigenvalue weighted by Crippen LogP contribution is 2.34. The van der Waals surface area contributed by atoms with E-state index in [1.54, 1.807) is 0 Å². The number of aromatic nitrogens is 1. The minimum atomic E-state index is -4.56. The molecule has 0 aliphatic heterocycles. The van der Waals surface area contributed by atoms with Gasteiger partial charge >= 0.3 is 6.18 Å². The van der Waals surface area contributed by atoms with Gasteiger partial charge in [0.2, 0.25) is 0 Å². The number of rotatable bonds is 3. The third-order valence-corrected chi connectivity index (χ3v) is 2.70. The molecule has 0 saturated heterocycles. The van der Waals surface area contributed by atoms with Crippen molar-refractivity contribution < 1.29 is 18.0 Å². The molecule has 8 heteroatoms. The van der Waals surface area contributed by atoms with Crippen molar-refractivity contribution in [3.63, 3.8) is 0 Å².